The van der Waals surface area contributed by atoms with Crippen LogP contribution < -0.4 is 4.90 Å². The van der Waals surface area contributed by atoms with Gasteiger partial charge in [0.25, 0.3) is 5.91 Å². The summed E-state index contributed by atoms with van der Waals surface area (Å²) in [5.74, 6) is 0.103. The minimum atomic E-state index is -0.686. The molecule has 7 heteroatoms. The van der Waals surface area contributed by atoms with E-state index in [1.54, 1.807) is 19.0 Å². The lowest BCUT2D eigenvalue weighted by molar-refractivity contribution is -0.141. The summed E-state index contributed by atoms with van der Waals surface area (Å²) in [5, 5.41) is 0. The van der Waals surface area contributed by atoms with Crippen LogP contribution in [0.15, 0.2) is 30.3 Å². The number of carbonyl (C=O) groups is 3. The molecule has 0 saturated carbocycles. The number of hydrogen-bond donors (Lipinski definition) is 0. The Bertz CT molecular complexity index is 757. The zero-order valence-corrected chi connectivity index (χ0v) is 18.5. The maximum absolute atomic E-state index is 13.5. The number of para-hydroxylation sites is 1. The van der Waals surface area contributed by atoms with Gasteiger partial charge in [0.1, 0.15) is 12.1 Å². The Morgan fingerprint density at radius 3 is 2.33 bits per heavy atom. The molecular weight excluding hydrogens is 380 g/mol. The molecule has 0 aromatic heterocycles. The van der Waals surface area contributed by atoms with Gasteiger partial charge in [0.2, 0.25) is 11.8 Å². The topological polar surface area (TPSA) is 64.2 Å². The van der Waals surface area contributed by atoms with Gasteiger partial charge in [0, 0.05) is 39.3 Å². The van der Waals surface area contributed by atoms with Gasteiger partial charge in [-0.05, 0) is 31.4 Å². The van der Waals surface area contributed by atoms with Crippen LogP contribution in [0.25, 0.3) is 0 Å². The smallest absolute Gasteiger partial charge is 0.250 e. The van der Waals surface area contributed by atoms with Crippen molar-refractivity contribution < 1.29 is 14.4 Å². The van der Waals surface area contributed by atoms with Crippen LogP contribution in [0.2, 0.25) is 0 Å². The number of piperidine rings is 1. The van der Waals surface area contributed by atoms with E-state index in [9.17, 15) is 14.4 Å². The summed E-state index contributed by atoms with van der Waals surface area (Å²) in [6.45, 7) is 3.76. The van der Waals surface area contributed by atoms with E-state index in [-0.39, 0.29) is 24.3 Å². The number of rotatable bonds is 7. The number of likely N-dealkylation sites (N-methyl/N-ethyl adjacent to an activating group) is 1. The molecule has 0 N–H and O–H groups in total. The minimum absolute atomic E-state index is 0.000338. The summed E-state index contributed by atoms with van der Waals surface area (Å²) in [6, 6.07) is 9.91. The van der Waals surface area contributed by atoms with Crippen molar-refractivity contribution in [2.45, 2.75) is 51.0 Å². The SMILES string of the molecule is CCCCCC(=O)N1CCC2(CC1)C(=O)N(CC(=O)N(C)C)CN2c1ccccc1. The maximum atomic E-state index is 13.5. The quantitative estimate of drug-likeness (QED) is 0.643. The summed E-state index contributed by atoms with van der Waals surface area (Å²) < 4.78 is 0. The van der Waals surface area contributed by atoms with Gasteiger partial charge in [-0.2, -0.15) is 0 Å². The van der Waals surface area contributed by atoms with Gasteiger partial charge in [-0.1, -0.05) is 38.0 Å². The second-order valence-corrected chi connectivity index (χ2v) is 8.57. The Labute approximate surface area is 179 Å². The molecule has 1 aromatic rings. The number of carbonyl (C=O) groups excluding carboxylic acids is 3. The fourth-order valence-corrected chi connectivity index (χ4v) is 4.44. The van der Waals surface area contributed by atoms with E-state index in [0.717, 1.165) is 24.9 Å². The Morgan fingerprint density at radius 2 is 1.73 bits per heavy atom. The van der Waals surface area contributed by atoms with Crippen LogP contribution >= 0.6 is 0 Å². The predicted molar refractivity (Wildman–Crippen MR) is 117 cm³/mol. The molecule has 164 valence electrons. The molecule has 0 unspecified atom stereocenters. The van der Waals surface area contributed by atoms with E-state index < -0.39 is 5.54 Å². The maximum Gasteiger partial charge on any atom is 0.250 e. The molecule has 2 saturated heterocycles. The van der Waals surface area contributed by atoms with Crippen LogP contribution in [-0.2, 0) is 14.4 Å². The Morgan fingerprint density at radius 1 is 1.07 bits per heavy atom. The van der Waals surface area contributed by atoms with E-state index in [4.69, 9.17) is 0 Å². The molecule has 30 heavy (non-hydrogen) atoms. The molecule has 0 aliphatic carbocycles. The molecule has 2 fully saturated rings. The first-order chi connectivity index (χ1) is 14.4. The zero-order valence-electron chi connectivity index (χ0n) is 18.5. The lowest BCUT2D eigenvalue weighted by Gasteiger charge is -2.43. The molecular formula is C23H34N4O3. The molecule has 3 rings (SSSR count). The third-order valence-corrected chi connectivity index (χ3v) is 6.34. The van der Waals surface area contributed by atoms with E-state index in [1.165, 1.54) is 4.90 Å². The van der Waals surface area contributed by atoms with Crippen molar-refractivity contribution in [2.75, 3.05) is 45.3 Å². The van der Waals surface area contributed by atoms with Crippen molar-refractivity contribution in [3.8, 4) is 0 Å². The number of amides is 3. The van der Waals surface area contributed by atoms with Crippen LogP contribution in [0.3, 0.4) is 0 Å². The summed E-state index contributed by atoms with van der Waals surface area (Å²) >= 11 is 0. The summed E-state index contributed by atoms with van der Waals surface area (Å²) in [5.41, 5.74) is 0.294. The highest BCUT2D eigenvalue weighted by atomic mass is 16.2. The minimum Gasteiger partial charge on any atom is -0.347 e. The van der Waals surface area contributed by atoms with Gasteiger partial charge < -0.3 is 19.6 Å². The third kappa shape index (κ3) is 4.45. The van der Waals surface area contributed by atoms with Crippen molar-refractivity contribution in [1.29, 1.82) is 0 Å². The predicted octanol–water partition coefficient (Wildman–Crippen LogP) is 2.32. The fraction of sp³-hybridized carbons (Fsp3) is 0.609. The van der Waals surface area contributed by atoms with Crippen LogP contribution in [0.1, 0.15) is 45.4 Å². The monoisotopic (exact) mass is 414 g/mol. The molecule has 1 aromatic carbocycles. The van der Waals surface area contributed by atoms with Crippen LogP contribution in [-0.4, -0.2) is 78.4 Å². The van der Waals surface area contributed by atoms with E-state index >= 15 is 0 Å². The number of likely N-dealkylation sites (tertiary alicyclic amines) is 1. The van der Waals surface area contributed by atoms with Crippen molar-refractivity contribution in [3.63, 3.8) is 0 Å². The molecule has 2 aliphatic rings. The molecule has 2 aliphatic heterocycles. The number of benzene rings is 1. The van der Waals surface area contributed by atoms with Gasteiger partial charge in [-0.25, -0.2) is 0 Å². The van der Waals surface area contributed by atoms with Crippen LogP contribution in [0.4, 0.5) is 5.69 Å². The highest BCUT2D eigenvalue weighted by molar-refractivity contribution is 5.96. The molecule has 0 atom stereocenters. The number of unbranched alkanes of at least 4 members (excludes halogenated alkanes) is 2. The first-order valence-corrected chi connectivity index (χ1v) is 11.0. The molecule has 3 amide bonds. The lowest BCUT2D eigenvalue weighted by Crippen LogP contribution is -2.57. The average Bonchev–Trinajstić information content (AvgIpc) is 3.01. The average molecular weight is 415 g/mol. The Hall–Kier alpha value is -2.57. The zero-order chi connectivity index (χ0) is 21.7. The van der Waals surface area contributed by atoms with Gasteiger partial charge in [0.15, 0.2) is 0 Å². The van der Waals surface area contributed by atoms with Gasteiger partial charge in [-0.15, -0.1) is 0 Å². The Kier molecular flexibility index (Phi) is 7.00. The largest absolute Gasteiger partial charge is 0.347 e. The van der Waals surface area contributed by atoms with Gasteiger partial charge in [-0.3, -0.25) is 14.4 Å². The molecule has 1 spiro atoms. The normalized spacial score (nSPS) is 18.2. The fourth-order valence-electron chi connectivity index (χ4n) is 4.44. The summed E-state index contributed by atoms with van der Waals surface area (Å²) in [7, 11) is 3.41. The number of anilines is 1. The summed E-state index contributed by atoms with van der Waals surface area (Å²) in [4.78, 5) is 45.6. The first kappa shape index (κ1) is 22.1. The Balaban J connectivity index is 1.77. The lowest BCUT2D eigenvalue weighted by atomic mass is 9.85. The number of nitrogens with zero attached hydrogens (tertiary/aromatic N) is 4. The summed E-state index contributed by atoms with van der Waals surface area (Å²) in [6.07, 6.45) is 4.85. The highest BCUT2D eigenvalue weighted by Gasteiger charge is 2.54. The van der Waals surface area contributed by atoms with Crippen LogP contribution in [0, 0.1) is 0 Å². The van der Waals surface area contributed by atoms with Crippen molar-refractivity contribution >= 4 is 23.4 Å². The number of hydrogen-bond acceptors (Lipinski definition) is 4. The van der Waals surface area contributed by atoms with Crippen LogP contribution in [0.5, 0.6) is 0 Å². The second kappa shape index (κ2) is 9.49. The first-order valence-electron chi connectivity index (χ1n) is 11.0. The van der Waals surface area contributed by atoms with Crippen molar-refractivity contribution in [3.05, 3.63) is 30.3 Å². The highest BCUT2D eigenvalue weighted by Crippen LogP contribution is 2.39. The van der Waals surface area contributed by atoms with Gasteiger partial charge >= 0.3 is 0 Å². The molecule has 7 nitrogen and oxygen atoms in total. The van der Waals surface area contributed by atoms with Crippen molar-refractivity contribution in [2.24, 2.45) is 0 Å². The van der Waals surface area contributed by atoms with Crippen molar-refractivity contribution in [1.82, 2.24) is 14.7 Å². The third-order valence-electron chi connectivity index (χ3n) is 6.34. The van der Waals surface area contributed by atoms with E-state index in [2.05, 4.69) is 11.8 Å². The molecule has 0 bridgehead atoms. The standard InChI is InChI=1S/C23H34N4O3/c1-4-5-7-12-20(28)25-15-13-23(14-16-25)22(30)26(17-21(29)24(2)3)18-27(23)19-10-8-6-9-11-19/h6,8-11H,4-5,7,12-18H2,1-3H3. The van der Waals surface area contributed by atoms with E-state index in [1.807, 2.05) is 35.2 Å². The van der Waals surface area contributed by atoms with Gasteiger partial charge in [0.05, 0.1) is 6.67 Å². The second-order valence-electron chi connectivity index (χ2n) is 8.57. The molecule has 2 heterocycles. The van der Waals surface area contributed by atoms with E-state index in [0.29, 0.717) is 39.0 Å². The molecule has 0 radical (unpaired) electrons.